The number of rotatable bonds is 4. The Bertz CT molecular complexity index is 601. The van der Waals surface area contributed by atoms with E-state index in [-0.39, 0.29) is 12.5 Å². The van der Waals surface area contributed by atoms with E-state index in [2.05, 4.69) is 15.4 Å². The average molecular weight is 279 g/mol. The summed E-state index contributed by atoms with van der Waals surface area (Å²) in [6.45, 7) is 6.24. The maximum Gasteiger partial charge on any atom is 0.242 e. The van der Waals surface area contributed by atoms with Crippen LogP contribution in [-0.4, -0.2) is 20.7 Å². The number of anilines is 1. The van der Waals surface area contributed by atoms with Crippen molar-refractivity contribution in [2.45, 2.75) is 33.9 Å². The van der Waals surface area contributed by atoms with Crippen molar-refractivity contribution in [1.82, 2.24) is 20.1 Å². The number of aromatic nitrogens is 3. The molecule has 2 aromatic rings. The summed E-state index contributed by atoms with van der Waals surface area (Å²) >= 11 is 1.57. The van der Waals surface area contributed by atoms with Gasteiger partial charge in [-0.3, -0.25) is 9.48 Å². The van der Waals surface area contributed by atoms with E-state index in [1.54, 1.807) is 16.0 Å². The molecule has 0 saturated carbocycles. The molecule has 0 bridgehead atoms. The second-order valence-electron chi connectivity index (χ2n) is 4.38. The zero-order valence-corrected chi connectivity index (χ0v) is 12.0. The van der Waals surface area contributed by atoms with Crippen LogP contribution in [0.5, 0.6) is 0 Å². The third-order valence-corrected chi connectivity index (χ3v) is 3.69. The molecule has 0 saturated heterocycles. The van der Waals surface area contributed by atoms with Gasteiger partial charge in [0.15, 0.2) is 0 Å². The van der Waals surface area contributed by atoms with Gasteiger partial charge >= 0.3 is 0 Å². The number of nitrogens with two attached hydrogens (primary N) is 1. The third-order valence-electron chi connectivity index (χ3n) is 2.86. The zero-order chi connectivity index (χ0) is 14.0. The van der Waals surface area contributed by atoms with Crippen LogP contribution in [0.2, 0.25) is 0 Å². The molecule has 0 atom stereocenters. The molecule has 102 valence electrons. The van der Waals surface area contributed by atoms with Crippen LogP contribution in [0.1, 0.15) is 22.1 Å². The lowest BCUT2D eigenvalue weighted by atomic mass is 10.3. The second-order valence-corrected chi connectivity index (χ2v) is 5.44. The van der Waals surface area contributed by atoms with Crippen molar-refractivity contribution in [3.63, 3.8) is 0 Å². The molecule has 0 unspecified atom stereocenters. The standard InChI is InChI=1S/C12H17N5OS/c1-7-12(13)8(2)17(16-7)5-11(18)14-4-10-6-19-9(3)15-10/h6H,4-5,13H2,1-3H3,(H,14,18). The number of nitrogens with one attached hydrogen (secondary N) is 1. The number of amides is 1. The lowest BCUT2D eigenvalue weighted by Crippen LogP contribution is -2.28. The van der Waals surface area contributed by atoms with Gasteiger partial charge in [0.05, 0.1) is 34.3 Å². The second kappa shape index (κ2) is 5.40. The Morgan fingerprint density at radius 3 is 2.74 bits per heavy atom. The van der Waals surface area contributed by atoms with E-state index in [9.17, 15) is 4.79 Å². The summed E-state index contributed by atoms with van der Waals surface area (Å²) in [6, 6.07) is 0. The molecule has 3 N–H and O–H groups in total. The number of hydrogen-bond donors (Lipinski definition) is 2. The average Bonchev–Trinajstić information content (AvgIpc) is 2.88. The molecule has 6 nitrogen and oxygen atoms in total. The SMILES string of the molecule is Cc1nc(CNC(=O)Cn2nc(C)c(N)c2C)cs1. The maximum atomic E-state index is 11.8. The normalized spacial score (nSPS) is 10.7. The van der Waals surface area contributed by atoms with Gasteiger partial charge in [-0.05, 0) is 20.8 Å². The minimum Gasteiger partial charge on any atom is -0.396 e. The molecule has 0 aliphatic carbocycles. The van der Waals surface area contributed by atoms with Crippen LogP contribution in [0, 0.1) is 20.8 Å². The van der Waals surface area contributed by atoms with Gasteiger partial charge in [0.2, 0.25) is 5.91 Å². The van der Waals surface area contributed by atoms with Gasteiger partial charge < -0.3 is 11.1 Å². The molecule has 19 heavy (non-hydrogen) atoms. The smallest absolute Gasteiger partial charge is 0.242 e. The zero-order valence-electron chi connectivity index (χ0n) is 11.2. The Balaban J connectivity index is 1.92. The highest BCUT2D eigenvalue weighted by Gasteiger charge is 2.11. The van der Waals surface area contributed by atoms with Gasteiger partial charge in [0.1, 0.15) is 6.54 Å². The lowest BCUT2D eigenvalue weighted by Gasteiger charge is -2.05. The fourth-order valence-corrected chi connectivity index (χ4v) is 2.35. The molecular formula is C12H17N5OS. The van der Waals surface area contributed by atoms with Gasteiger partial charge in [-0.15, -0.1) is 11.3 Å². The van der Waals surface area contributed by atoms with Crippen LogP contribution < -0.4 is 11.1 Å². The monoisotopic (exact) mass is 279 g/mol. The van der Waals surface area contributed by atoms with Crippen molar-refractivity contribution in [1.29, 1.82) is 0 Å². The summed E-state index contributed by atoms with van der Waals surface area (Å²) in [5.41, 5.74) is 8.91. The first-order valence-corrected chi connectivity index (χ1v) is 6.82. The highest BCUT2D eigenvalue weighted by Crippen LogP contribution is 2.14. The van der Waals surface area contributed by atoms with E-state index in [4.69, 9.17) is 5.73 Å². The fraction of sp³-hybridized carbons (Fsp3) is 0.417. The van der Waals surface area contributed by atoms with Gasteiger partial charge in [-0.1, -0.05) is 0 Å². The molecule has 7 heteroatoms. The number of carbonyl (C=O) groups excluding carboxylic acids is 1. The first-order chi connectivity index (χ1) is 8.97. The molecule has 0 aliphatic rings. The highest BCUT2D eigenvalue weighted by atomic mass is 32.1. The quantitative estimate of drug-likeness (QED) is 0.879. The van der Waals surface area contributed by atoms with E-state index in [1.807, 2.05) is 26.2 Å². The highest BCUT2D eigenvalue weighted by molar-refractivity contribution is 7.09. The van der Waals surface area contributed by atoms with Crippen molar-refractivity contribution >= 4 is 22.9 Å². The van der Waals surface area contributed by atoms with Crippen LogP contribution >= 0.6 is 11.3 Å². The Labute approximate surface area is 115 Å². The molecule has 1 amide bonds. The summed E-state index contributed by atoms with van der Waals surface area (Å²) in [7, 11) is 0. The largest absolute Gasteiger partial charge is 0.396 e. The molecule has 0 aromatic carbocycles. The Morgan fingerprint density at radius 2 is 2.21 bits per heavy atom. The van der Waals surface area contributed by atoms with Gasteiger partial charge in [-0.2, -0.15) is 5.10 Å². The Morgan fingerprint density at radius 1 is 1.47 bits per heavy atom. The minimum atomic E-state index is -0.101. The number of nitrogen functional groups attached to an aromatic ring is 1. The van der Waals surface area contributed by atoms with E-state index in [1.165, 1.54) is 0 Å². The lowest BCUT2D eigenvalue weighted by molar-refractivity contribution is -0.122. The predicted molar refractivity (Wildman–Crippen MR) is 74.8 cm³/mol. The van der Waals surface area contributed by atoms with E-state index >= 15 is 0 Å². The molecule has 2 heterocycles. The summed E-state index contributed by atoms with van der Waals surface area (Å²) in [6.07, 6.45) is 0. The Hall–Kier alpha value is -1.89. The van der Waals surface area contributed by atoms with Crippen LogP contribution in [0.25, 0.3) is 0 Å². The number of nitrogens with zero attached hydrogens (tertiary/aromatic N) is 3. The van der Waals surface area contributed by atoms with Crippen molar-refractivity contribution in [3.05, 3.63) is 27.5 Å². The van der Waals surface area contributed by atoms with Crippen molar-refractivity contribution < 1.29 is 4.79 Å². The van der Waals surface area contributed by atoms with Crippen LogP contribution in [0.15, 0.2) is 5.38 Å². The first-order valence-electron chi connectivity index (χ1n) is 5.94. The Kier molecular flexibility index (Phi) is 3.84. The molecule has 2 aromatic heterocycles. The van der Waals surface area contributed by atoms with Crippen molar-refractivity contribution in [3.8, 4) is 0 Å². The number of hydrogen-bond acceptors (Lipinski definition) is 5. The first kappa shape index (κ1) is 13.5. The van der Waals surface area contributed by atoms with Crippen molar-refractivity contribution in [2.75, 3.05) is 5.73 Å². The van der Waals surface area contributed by atoms with E-state index in [0.717, 1.165) is 22.1 Å². The third kappa shape index (κ3) is 3.11. The number of carbonyl (C=O) groups is 1. The van der Waals surface area contributed by atoms with Crippen molar-refractivity contribution in [2.24, 2.45) is 0 Å². The topological polar surface area (TPSA) is 85.8 Å². The van der Waals surface area contributed by atoms with Gasteiger partial charge in [0.25, 0.3) is 0 Å². The fourth-order valence-electron chi connectivity index (χ4n) is 1.74. The summed E-state index contributed by atoms with van der Waals surface area (Å²) in [5.74, 6) is -0.101. The molecule has 0 radical (unpaired) electrons. The predicted octanol–water partition coefficient (Wildman–Crippen LogP) is 1.16. The van der Waals surface area contributed by atoms with E-state index < -0.39 is 0 Å². The van der Waals surface area contributed by atoms with Crippen LogP contribution in [0.3, 0.4) is 0 Å². The minimum absolute atomic E-state index is 0.101. The molecule has 0 spiro atoms. The van der Waals surface area contributed by atoms with Crippen LogP contribution in [-0.2, 0) is 17.9 Å². The van der Waals surface area contributed by atoms with E-state index in [0.29, 0.717) is 12.2 Å². The molecule has 0 fully saturated rings. The maximum absolute atomic E-state index is 11.8. The molecule has 0 aliphatic heterocycles. The summed E-state index contributed by atoms with van der Waals surface area (Å²) in [5, 5.41) is 9.98. The number of aryl methyl sites for hydroxylation is 2. The van der Waals surface area contributed by atoms with Gasteiger partial charge in [-0.25, -0.2) is 4.98 Å². The molecule has 2 rings (SSSR count). The van der Waals surface area contributed by atoms with Crippen LogP contribution in [0.4, 0.5) is 5.69 Å². The number of thiazole rings is 1. The summed E-state index contributed by atoms with van der Waals surface area (Å²) < 4.78 is 1.62. The summed E-state index contributed by atoms with van der Waals surface area (Å²) in [4.78, 5) is 16.1. The van der Waals surface area contributed by atoms with Gasteiger partial charge in [0, 0.05) is 5.38 Å². The molecular weight excluding hydrogens is 262 g/mol.